The standard InChI is InChI=1S/C12H16N4O/c1-2-11-14-12(16-15-11)10(13)7-8-3-5-9(17)6-4-8/h3-6,10,17H,2,7,13H2,1H3,(H,14,15,16)/t10-/m1/s1. The summed E-state index contributed by atoms with van der Waals surface area (Å²) in [4.78, 5) is 4.30. The molecule has 1 aromatic carbocycles. The Hall–Kier alpha value is -1.88. The number of H-pyrrole nitrogens is 1. The maximum atomic E-state index is 9.18. The quantitative estimate of drug-likeness (QED) is 0.741. The molecule has 0 saturated carbocycles. The van der Waals surface area contributed by atoms with Gasteiger partial charge in [-0.3, -0.25) is 5.10 Å². The molecule has 0 saturated heterocycles. The van der Waals surface area contributed by atoms with Gasteiger partial charge in [0, 0.05) is 6.42 Å². The van der Waals surface area contributed by atoms with Crippen molar-refractivity contribution < 1.29 is 5.11 Å². The van der Waals surface area contributed by atoms with Crippen molar-refractivity contribution in [3.63, 3.8) is 0 Å². The van der Waals surface area contributed by atoms with Crippen LogP contribution in [-0.4, -0.2) is 20.3 Å². The lowest BCUT2D eigenvalue weighted by Gasteiger charge is -2.07. The molecule has 0 unspecified atom stereocenters. The lowest BCUT2D eigenvalue weighted by atomic mass is 10.1. The van der Waals surface area contributed by atoms with Crippen molar-refractivity contribution in [3.05, 3.63) is 41.5 Å². The number of nitrogens with one attached hydrogen (secondary N) is 1. The van der Waals surface area contributed by atoms with E-state index in [-0.39, 0.29) is 11.8 Å². The highest BCUT2D eigenvalue weighted by molar-refractivity contribution is 5.26. The third-order valence-electron chi connectivity index (χ3n) is 2.61. The van der Waals surface area contributed by atoms with Crippen molar-refractivity contribution in [2.24, 2.45) is 5.73 Å². The lowest BCUT2D eigenvalue weighted by molar-refractivity contribution is 0.475. The molecule has 0 radical (unpaired) electrons. The highest BCUT2D eigenvalue weighted by Gasteiger charge is 2.12. The number of hydrogen-bond acceptors (Lipinski definition) is 4. The van der Waals surface area contributed by atoms with Crippen LogP contribution in [-0.2, 0) is 12.8 Å². The summed E-state index contributed by atoms with van der Waals surface area (Å²) >= 11 is 0. The van der Waals surface area contributed by atoms with Crippen molar-refractivity contribution in [1.29, 1.82) is 0 Å². The summed E-state index contributed by atoms with van der Waals surface area (Å²) in [6.07, 6.45) is 1.47. The maximum Gasteiger partial charge on any atom is 0.167 e. The molecule has 0 aliphatic heterocycles. The van der Waals surface area contributed by atoms with Crippen LogP contribution in [0.2, 0.25) is 0 Å². The van der Waals surface area contributed by atoms with Crippen LogP contribution in [0.3, 0.4) is 0 Å². The minimum Gasteiger partial charge on any atom is -0.508 e. The molecule has 17 heavy (non-hydrogen) atoms. The molecule has 5 heteroatoms. The van der Waals surface area contributed by atoms with Crippen LogP contribution in [0, 0.1) is 0 Å². The van der Waals surface area contributed by atoms with Gasteiger partial charge in [0.2, 0.25) is 0 Å². The van der Waals surface area contributed by atoms with E-state index in [9.17, 15) is 5.11 Å². The van der Waals surface area contributed by atoms with Gasteiger partial charge in [-0.25, -0.2) is 4.98 Å². The van der Waals surface area contributed by atoms with E-state index in [2.05, 4.69) is 15.2 Å². The van der Waals surface area contributed by atoms with Gasteiger partial charge in [-0.1, -0.05) is 19.1 Å². The van der Waals surface area contributed by atoms with E-state index in [0.717, 1.165) is 17.8 Å². The molecule has 0 bridgehead atoms. The molecule has 90 valence electrons. The summed E-state index contributed by atoms with van der Waals surface area (Å²) in [6, 6.07) is 6.77. The summed E-state index contributed by atoms with van der Waals surface area (Å²) in [5.41, 5.74) is 7.08. The molecule has 2 aromatic rings. The van der Waals surface area contributed by atoms with E-state index in [4.69, 9.17) is 5.73 Å². The van der Waals surface area contributed by atoms with E-state index in [0.29, 0.717) is 12.2 Å². The predicted molar refractivity (Wildman–Crippen MR) is 64.5 cm³/mol. The number of aromatic hydroxyl groups is 1. The average Bonchev–Trinajstić information content (AvgIpc) is 2.81. The zero-order chi connectivity index (χ0) is 12.3. The van der Waals surface area contributed by atoms with Crippen LogP contribution >= 0.6 is 0 Å². The van der Waals surface area contributed by atoms with Gasteiger partial charge in [-0.15, -0.1) is 0 Å². The highest BCUT2D eigenvalue weighted by atomic mass is 16.3. The number of benzene rings is 1. The molecular weight excluding hydrogens is 216 g/mol. The van der Waals surface area contributed by atoms with Crippen molar-refractivity contribution in [2.75, 3.05) is 0 Å². The van der Waals surface area contributed by atoms with Gasteiger partial charge in [0.15, 0.2) is 5.82 Å². The average molecular weight is 232 g/mol. The van der Waals surface area contributed by atoms with Gasteiger partial charge in [0.05, 0.1) is 6.04 Å². The van der Waals surface area contributed by atoms with E-state index < -0.39 is 0 Å². The van der Waals surface area contributed by atoms with Gasteiger partial charge in [-0.2, -0.15) is 5.10 Å². The molecular formula is C12H16N4O. The third kappa shape index (κ3) is 2.82. The number of aromatic amines is 1. The van der Waals surface area contributed by atoms with Crippen molar-refractivity contribution in [1.82, 2.24) is 15.2 Å². The highest BCUT2D eigenvalue weighted by Crippen LogP contribution is 2.15. The molecule has 5 nitrogen and oxygen atoms in total. The first-order chi connectivity index (χ1) is 8.19. The van der Waals surface area contributed by atoms with E-state index in [1.165, 1.54) is 0 Å². The van der Waals surface area contributed by atoms with Crippen LogP contribution in [0.5, 0.6) is 5.75 Å². The Bertz CT molecular complexity index is 478. The molecule has 1 aromatic heterocycles. The number of nitrogens with two attached hydrogens (primary N) is 1. The van der Waals surface area contributed by atoms with E-state index >= 15 is 0 Å². The van der Waals surface area contributed by atoms with Gasteiger partial charge in [-0.05, 0) is 24.1 Å². The lowest BCUT2D eigenvalue weighted by Crippen LogP contribution is -2.15. The topological polar surface area (TPSA) is 87.8 Å². The molecule has 4 N–H and O–H groups in total. The first-order valence-corrected chi connectivity index (χ1v) is 5.63. The molecule has 2 rings (SSSR count). The van der Waals surface area contributed by atoms with Crippen LogP contribution in [0.15, 0.2) is 24.3 Å². The monoisotopic (exact) mass is 232 g/mol. The Kier molecular flexibility index (Phi) is 3.39. The first kappa shape index (κ1) is 11.6. The number of aryl methyl sites for hydroxylation is 1. The number of aromatic nitrogens is 3. The largest absolute Gasteiger partial charge is 0.508 e. The second kappa shape index (κ2) is 4.97. The zero-order valence-electron chi connectivity index (χ0n) is 9.72. The Labute approximate surface area is 99.7 Å². The minimum atomic E-state index is -0.226. The summed E-state index contributed by atoms with van der Waals surface area (Å²) in [5, 5.41) is 16.1. The van der Waals surface area contributed by atoms with Gasteiger partial charge in [0.1, 0.15) is 11.6 Å². The fourth-order valence-corrected chi connectivity index (χ4v) is 1.61. The van der Waals surface area contributed by atoms with Crippen molar-refractivity contribution in [3.8, 4) is 5.75 Å². The van der Waals surface area contributed by atoms with Crippen LogP contribution < -0.4 is 5.73 Å². The minimum absolute atomic E-state index is 0.226. The van der Waals surface area contributed by atoms with Crippen LogP contribution in [0.4, 0.5) is 0 Å². The zero-order valence-corrected chi connectivity index (χ0v) is 9.72. The predicted octanol–water partition coefficient (Wildman–Crippen LogP) is 1.32. The van der Waals surface area contributed by atoms with Crippen LogP contribution in [0.1, 0.15) is 30.2 Å². The second-order valence-electron chi connectivity index (χ2n) is 3.97. The molecule has 0 fully saturated rings. The Morgan fingerprint density at radius 1 is 1.35 bits per heavy atom. The molecule has 0 aliphatic rings. The molecule has 0 aliphatic carbocycles. The Morgan fingerprint density at radius 2 is 2.06 bits per heavy atom. The van der Waals surface area contributed by atoms with Gasteiger partial charge in [0.25, 0.3) is 0 Å². The number of phenols is 1. The van der Waals surface area contributed by atoms with Crippen LogP contribution in [0.25, 0.3) is 0 Å². The summed E-state index contributed by atoms with van der Waals surface area (Å²) in [7, 11) is 0. The molecule has 0 spiro atoms. The number of nitrogens with zero attached hydrogens (tertiary/aromatic N) is 2. The van der Waals surface area contributed by atoms with Gasteiger partial charge < -0.3 is 10.8 Å². The fraction of sp³-hybridized carbons (Fsp3) is 0.333. The summed E-state index contributed by atoms with van der Waals surface area (Å²) in [6.45, 7) is 2.01. The van der Waals surface area contributed by atoms with Crippen molar-refractivity contribution >= 4 is 0 Å². The second-order valence-corrected chi connectivity index (χ2v) is 3.97. The van der Waals surface area contributed by atoms with Crippen molar-refractivity contribution in [2.45, 2.75) is 25.8 Å². The first-order valence-electron chi connectivity index (χ1n) is 5.63. The van der Waals surface area contributed by atoms with E-state index in [1.54, 1.807) is 12.1 Å². The van der Waals surface area contributed by atoms with E-state index in [1.807, 2.05) is 19.1 Å². The molecule has 1 atom stereocenters. The number of phenolic OH excluding ortho intramolecular Hbond substituents is 1. The summed E-state index contributed by atoms with van der Waals surface area (Å²) in [5.74, 6) is 1.74. The Balaban J connectivity index is 2.05. The smallest absolute Gasteiger partial charge is 0.167 e. The third-order valence-corrected chi connectivity index (χ3v) is 2.61. The number of hydrogen-bond donors (Lipinski definition) is 3. The van der Waals surface area contributed by atoms with Gasteiger partial charge >= 0.3 is 0 Å². The summed E-state index contributed by atoms with van der Waals surface area (Å²) < 4.78 is 0. The SMILES string of the molecule is CCc1nc([C@H](N)Cc2ccc(O)cc2)n[nH]1. The molecule has 1 heterocycles. The number of rotatable bonds is 4. The fourth-order valence-electron chi connectivity index (χ4n) is 1.61. The normalized spacial score (nSPS) is 12.6. The maximum absolute atomic E-state index is 9.18. The Morgan fingerprint density at radius 3 is 2.65 bits per heavy atom. The molecule has 0 amide bonds.